The summed E-state index contributed by atoms with van der Waals surface area (Å²) < 4.78 is 52.2. The summed E-state index contributed by atoms with van der Waals surface area (Å²) in [5.74, 6) is 0.426. The highest BCUT2D eigenvalue weighted by Gasteiger charge is 2.47. The number of ether oxygens (including phenoxy) is 4. The van der Waals surface area contributed by atoms with E-state index in [0.29, 0.717) is 38.2 Å². The smallest absolute Gasteiger partial charge is 0.243 e. The molecule has 0 radical (unpaired) electrons. The van der Waals surface area contributed by atoms with Gasteiger partial charge in [-0.3, -0.25) is 10.3 Å². The van der Waals surface area contributed by atoms with Gasteiger partial charge in [0.05, 0.1) is 36.3 Å². The van der Waals surface area contributed by atoms with Crippen molar-refractivity contribution in [3.63, 3.8) is 0 Å². The number of nitriles is 1. The lowest BCUT2D eigenvalue weighted by Crippen LogP contribution is -2.61. The number of aliphatic hydroxyl groups is 1. The maximum atomic E-state index is 14.4. The molecule has 0 unspecified atom stereocenters. The Hall–Kier alpha value is -4.14. The van der Waals surface area contributed by atoms with E-state index in [1.807, 2.05) is 44.2 Å². The number of amides is 1. The van der Waals surface area contributed by atoms with Crippen LogP contribution < -0.4 is 25.6 Å². The van der Waals surface area contributed by atoms with Crippen molar-refractivity contribution in [2.75, 3.05) is 39.6 Å². The van der Waals surface area contributed by atoms with Crippen LogP contribution in [0.2, 0.25) is 0 Å². The molecule has 0 spiro atoms. The summed E-state index contributed by atoms with van der Waals surface area (Å²) in [5, 5.41) is 35.9. The molecule has 5 rings (SSSR count). The lowest BCUT2D eigenvalue weighted by atomic mass is 9.87. The van der Waals surface area contributed by atoms with Crippen LogP contribution in [0.15, 0.2) is 58.4 Å². The predicted octanol–water partition coefficient (Wildman–Crippen LogP) is 0.977. The molecule has 49 heavy (non-hydrogen) atoms. The van der Waals surface area contributed by atoms with Crippen LogP contribution in [0.5, 0.6) is 11.5 Å². The number of guanidine groups is 1. The number of rotatable bonds is 15. The second-order valence-electron chi connectivity index (χ2n) is 13.2. The van der Waals surface area contributed by atoms with Crippen molar-refractivity contribution in [2.24, 2.45) is 22.1 Å². The van der Waals surface area contributed by atoms with Crippen LogP contribution in [0.3, 0.4) is 0 Å². The molecule has 2 aromatic carbocycles. The molecule has 16 heteroatoms. The van der Waals surface area contributed by atoms with Crippen molar-refractivity contribution < 1.29 is 42.4 Å². The summed E-state index contributed by atoms with van der Waals surface area (Å²) in [7, 11) is -4.27. The second kappa shape index (κ2) is 15.6. The van der Waals surface area contributed by atoms with Crippen LogP contribution >= 0.6 is 0 Å². The number of carbonyl (C=O) groups excluding carboxylic acids is 1. The molecule has 1 amide bonds. The molecule has 3 aliphatic heterocycles. The second-order valence-corrected chi connectivity index (χ2v) is 15.1. The zero-order valence-electron chi connectivity index (χ0n) is 27.6. The molecular formula is C33H43N6O9S-. The Bertz CT molecular complexity index is 1630. The monoisotopic (exact) mass is 699 g/mol. The van der Waals surface area contributed by atoms with Crippen molar-refractivity contribution in [1.29, 1.82) is 5.26 Å². The van der Waals surface area contributed by atoms with Gasteiger partial charge in [-0.05, 0) is 48.8 Å². The number of nitrogens with zero attached hydrogens (tertiary/aromatic N) is 4. The van der Waals surface area contributed by atoms with Crippen LogP contribution in [-0.4, -0.2) is 98.9 Å². The topological polar surface area (TPSA) is 212 Å². The molecule has 5 atom stereocenters. The molecule has 0 bridgehead atoms. The molecule has 0 aromatic heterocycles. The number of fused-ring (bicyclic) bond motifs is 2. The third kappa shape index (κ3) is 8.72. The number of nitrogens with one attached hydrogen (secondary N) is 1. The number of nitrogens with two attached hydrogens (primary N) is 1. The van der Waals surface area contributed by atoms with E-state index < -0.39 is 52.6 Å². The van der Waals surface area contributed by atoms with Gasteiger partial charge in [-0.15, -0.1) is 0 Å². The Morgan fingerprint density at radius 2 is 1.96 bits per heavy atom. The van der Waals surface area contributed by atoms with Gasteiger partial charge in [0.2, 0.25) is 22.8 Å². The fourth-order valence-electron chi connectivity index (χ4n) is 6.70. The highest BCUT2D eigenvalue weighted by Crippen LogP contribution is 2.38. The molecular weight excluding hydrogens is 656 g/mol. The normalized spacial score (nSPS) is 21.6. The third-order valence-electron chi connectivity index (χ3n) is 9.12. The van der Waals surface area contributed by atoms with E-state index in [4.69, 9.17) is 29.9 Å². The minimum atomic E-state index is -4.27. The van der Waals surface area contributed by atoms with Gasteiger partial charge in [0.15, 0.2) is 24.0 Å². The Morgan fingerprint density at radius 3 is 2.69 bits per heavy atom. The number of benzene rings is 2. The van der Waals surface area contributed by atoms with Crippen LogP contribution in [-0.2, 0) is 25.9 Å². The average molecular weight is 700 g/mol. The van der Waals surface area contributed by atoms with Gasteiger partial charge in [-0.25, -0.2) is 8.42 Å². The third-order valence-corrected chi connectivity index (χ3v) is 10.9. The van der Waals surface area contributed by atoms with E-state index in [9.17, 15) is 23.4 Å². The van der Waals surface area contributed by atoms with Crippen LogP contribution in [0.4, 0.5) is 4.79 Å². The molecule has 2 fully saturated rings. The van der Waals surface area contributed by atoms with Gasteiger partial charge in [0.25, 0.3) is 0 Å². The minimum absolute atomic E-state index is 0.0134. The molecule has 2 saturated heterocycles. The first-order valence-electron chi connectivity index (χ1n) is 16.2. The fourth-order valence-corrected chi connectivity index (χ4v) is 8.36. The summed E-state index contributed by atoms with van der Waals surface area (Å²) in [6.45, 7) is 4.09. The maximum absolute atomic E-state index is 14.4. The van der Waals surface area contributed by atoms with Gasteiger partial charge < -0.3 is 44.6 Å². The Labute approximate surface area is 286 Å². The van der Waals surface area contributed by atoms with E-state index in [0.717, 1.165) is 10.5 Å². The maximum Gasteiger partial charge on any atom is 0.243 e. The van der Waals surface area contributed by atoms with Crippen LogP contribution in [0, 0.1) is 22.8 Å². The van der Waals surface area contributed by atoms with Crippen LogP contribution in [0.1, 0.15) is 38.7 Å². The zero-order valence-corrected chi connectivity index (χ0v) is 28.4. The Morgan fingerprint density at radius 1 is 1.20 bits per heavy atom. The van der Waals surface area contributed by atoms with Crippen molar-refractivity contribution in [3.05, 3.63) is 54.1 Å². The van der Waals surface area contributed by atoms with Crippen molar-refractivity contribution >= 4 is 22.1 Å². The van der Waals surface area contributed by atoms with E-state index in [1.54, 1.807) is 6.19 Å². The first-order valence-corrected chi connectivity index (χ1v) is 17.6. The van der Waals surface area contributed by atoms with Gasteiger partial charge >= 0.3 is 0 Å². The summed E-state index contributed by atoms with van der Waals surface area (Å²) in [5.41, 5.74) is 5.77. The highest BCUT2D eigenvalue weighted by molar-refractivity contribution is 7.89. The van der Waals surface area contributed by atoms with Gasteiger partial charge in [0.1, 0.15) is 6.09 Å². The fraction of sp³-hybridized carbons (Fsp3) is 0.545. The molecule has 15 nitrogen and oxygen atoms in total. The summed E-state index contributed by atoms with van der Waals surface area (Å²) in [4.78, 5) is 18.1. The van der Waals surface area contributed by atoms with Gasteiger partial charge in [0, 0.05) is 31.6 Å². The summed E-state index contributed by atoms with van der Waals surface area (Å²) in [6.07, 6.45) is -0.0859. The quantitative estimate of drug-likeness (QED) is 0.0781. The molecule has 3 heterocycles. The zero-order chi connectivity index (χ0) is 35.2. The number of carboxylic acid groups (broad SMARTS) is 1. The van der Waals surface area contributed by atoms with Crippen molar-refractivity contribution in [2.45, 2.75) is 68.9 Å². The summed E-state index contributed by atoms with van der Waals surface area (Å²) in [6, 6.07) is 11.7. The Kier molecular flexibility index (Phi) is 11.5. The first-order chi connectivity index (χ1) is 23.4. The molecule has 3 aliphatic rings. The highest BCUT2D eigenvalue weighted by atomic mass is 32.2. The average Bonchev–Trinajstić information content (AvgIpc) is 3.81. The van der Waals surface area contributed by atoms with E-state index >= 15 is 0 Å². The molecule has 0 aliphatic carbocycles. The lowest BCUT2D eigenvalue weighted by Gasteiger charge is -2.43. The minimum Gasteiger partial charge on any atom is -0.530 e. The largest absolute Gasteiger partial charge is 0.530 e. The number of sulfonamides is 1. The van der Waals surface area contributed by atoms with E-state index in [1.165, 1.54) is 22.5 Å². The first kappa shape index (κ1) is 36.1. The lowest BCUT2D eigenvalue weighted by molar-refractivity contribution is -0.273. The van der Waals surface area contributed by atoms with E-state index in [2.05, 4.69) is 10.3 Å². The molecule has 266 valence electrons. The van der Waals surface area contributed by atoms with Gasteiger partial charge in [-0.1, -0.05) is 44.2 Å². The number of aliphatic imine (C=N–C) groups is 1. The van der Waals surface area contributed by atoms with Gasteiger partial charge in [-0.2, -0.15) is 9.57 Å². The number of hydrogen-bond donors (Lipinski definition) is 3. The number of carbonyl (C=O) groups is 1. The van der Waals surface area contributed by atoms with Crippen molar-refractivity contribution in [3.8, 4) is 17.7 Å². The summed E-state index contributed by atoms with van der Waals surface area (Å²) >= 11 is 0. The Balaban J connectivity index is 1.45. The van der Waals surface area contributed by atoms with E-state index in [-0.39, 0.29) is 48.9 Å². The number of aliphatic hydroxyl groups excluding tert-OH is 1. The number of hydrogen-bond acceptors (Lipinski definition) is 11. The SMILES string of the molecule is CC(C)(CCCN=C(N)NC#N)CN(C[C@@H](O)[C@H](Cc1ccccc1)N(C(=O)[O-])[C@H]1CO[C@H]2OCC[C@H]21)S(=O)(=O)c1ccc2c(c1)OCO2. The molecule has 0 saturated carbocycles. The molecule has 2 aromatic rings. The molecule has 4 N–H and O–H groups in total. The van der Waals surface area contributed by atoms with Crippen LogP contribution in [0.25, 0.3) is 0 Å². The predicted molar refractivity (Wildman–Crippen MR) is 174 cm³/mol. The van der Waals surface area contributed by atoms with Crippen molar-refractivity contribution in [1.82, 2.24) is 14.5 Å². The standard InChI is InChI=1S/C33H44N6O9S/c1-33(2,12-6-13-36-31(35)37-20-34)19-38(49(43,44)23-9-10-28-29(16-23)48-21-47-28)17-27(40)25(15-22-7-4-3-5-8-22)39(32(41)42)26-18-46-30-24(26)11-14-45-30/h3-5,7-10,16,24-27,30,40H,6,11-15,17-19,21H2,1-2H3,(H,41,42)(H3,35,36,37)/p-1/t24-,25-,26-,27+,30+/m0/s1.